The Morgan fingerprint density at radius 3 is 2.65 bits per heavy atom. The minimum Gasteiger partial charge on any atom is -0.441 e. The molecule has 0 amide bonds. The first-order chi connectivity index (χ1) is 8.13. The zero-order valence-corrected chi connectivity index (χ0v) is 9.52. The molecule has 0 aliphatic rings. The number of aryl methyl sites for hydroxylation is 2. The first-order valence-corrected chi connectivity index (χ1v) is 5.24. The van der Waals surface area contributed by atoms with Crippen LogP contribution < -0.4 is 5.73 Å². The van der Waals surface area contributed by atoms with Crippen molar-refractivity contribution in [3.05, 3.63) is 29.8 Å². The molecule has 0 radical (unpaired) electrons. The summed E-state index contributed by atoms with van der Waals surface area (Å²) in [5.74, 6) is 1.32. The summed E-state index contributed by atoms with van der Waals surface area (Å²) in [6.07, 6.45) is 0. The van der Waals surface area contributed by atoms with Gasteiger partial charge in [0.05, 0.1) is 5.69 Å². The van der Waals surface area contributed by atoms with Crippen molar-refractivity contribution < 1.29 is 8.83 Å². The molecule has 86 valence electrons. The normalized spacial score (nSPS) is 11.2. The number of anilines is 1. The van der Waals surface area contributed by atoms with Crippen molar-refractivity contribution in [2.75, 3.05) is 5.73 Å². The Morgan fingerprint density at radius 2 is 1.94 bits per heavy atom. The third kappa shape index (κ3) is 1.56. The van der Waals surface area contributed by atoms with Gasteiger partial charge in [0.25, 0.3) is 6.01 Å². The molecule has 0 unspecified atom stereocenters. The second-order valence-corrected chi connectivity index (χ2v) is 3.88. The van der Waals surface area contributed by atoms with Crippen LogP contribution in [0.2, 0.25) is 0 Å². The van der Waals surface area contributed by atoms with Crippen molar-refractivity contribution in [2.24, 2.45) is 0 Å². The van der Waals surface area contributed by atoms with Gasteiger partial charge in [0.15, 0.2) is 17.2 Å². The Labute approximate surface area is 97.3 Å². The number of aromatic nitrogens is 2. The van der Waals surface area contributed by atoms with Crippen LogP contribution in [-0.4, -0.2) is 9.97 Å². The summed E-state index contributed by atoms with van der Waals surface area (Å²) < 4.78 is 10.8. The van der Waals surface area contributed by atoms with Crippen LogP contribution in [0.5, 0.6) is 0 Å². The first-order valence-electron chi connectivity index (χ1n) is 5.24. The van der Waals surface area contributed by atoms with Crippen LogP contribution in [0.15, 0.2) is 27.0 Å². The van der Waals surface area contributed by atoms with Gasteiger partial charge < -0.3 is 14.6 Å². The van der Waals surface area contributed by atoms with Gasteiger partial charge in [-0.3, -0.25) is 0 Å². The molecule has 2 N–H and O–H groups in total. The number of benzene rings is 1. The summed E-state index contributed by atoms with van der Waals surface area (Å²) in [6.45, 7) is 3.67. The molecule has 0 fully saturated rings. The predicted molar refractivity (Wildman–Crippen MR) is 63.4 cm³/mol. The van der Waals surface area contributed by atoms with Crippen LogP contribution >= 0.6 is 0 Å². The summed E-state index contributed by atoms with van der Waals surface area (Å²) in [5.41, 5.74) is 8.74. The molecule has 1 aromatic carbocycles. The lowest BCUT2D eigenvalue weighted by Crippen LogP contribution is -1.81. The van der Waals surface area contributed by atoms with Crippen molar-refractivity contribution >= 4 is 17.1 Å². The smallest absolute Gasteiger partial charge is 0.292 e. The maximum Gasteiger partial charge on any atom is 0.292 e. The second kappa shape index (κ2) is 3.35. The standard InChI is InChI=1S/C12H11N3O2/c1-6-11(17-12(13)14-6)8-3-4-10-9(5-8)15-7(2)16-10/h3-5H,1-2H3,(H2,13,14). The average Bonchev–Trinajstić information content (AvgIpc) is 2.78. The van der Waals surface area contributed by atoms with Crippen LogP contribution in [0.3, 0.4) is 0 Å². The molecule has 2 aromatic heterocycles. The summed E-state index contributed by atoms with van der Waals surface area (Å²) in [5, 5.41) is 0. The average molecular weight is 229 g/mol. The zero-order chi connectivity index (χ0) is 12.0. The number of nitrogens with zero attached hydrogens (tertiary/aromatic N) is 2. The molecule has 0 saturated carbocycles. The van der Waals surface area contributed by atoms with E-state index in [4.69, 9.17) is 14.6 Å². The van der Waals surface area contributed by atoms with E-state index in [1.54, 1.807) is 0 Å². The van der Waals surface area contributed by atoms with Crippen LogP contribution in [-0.2, 0) is 0 Å². The van der Waals surface area contributed by atoms with Crippen molar-refractivity contribution in [3.63, 3.8) is 0 Å². The van der Waals surface area contributed by atoms with E-state index in [0.29, 0.717) is 11.7 Å². The Kier molecular flexibility index (Phi) is 1.95. The van der Waals surface area contributed by atoms with Gasteiger partial charge in [-0.1, -0.05) is 0 Å². The maximum atomic E-state index is 5.52. The molecule has 5 heteroatoms. The van der Waals surface area contributed by atoms with Crippen LogP contribution in [0, 0.1) is 13.8 Å². The summed E-state index contributed by atoms with van der Waals surface area (Å²) >= 11 is 0. The summed E-state index contributed by atoms with van der Waals surface area (Å²) in [7, 11) is 0. The second-order valence-electron chi connectivity index (χ2n) is 3.88. The number of nitrogen functional groups attached to an aromatic ring is 1. The fourth-order valence-corrected chi connectivity index (χ4v) is 1.87. The van der Waals surface area contributed by atoms with Gasteiger partial charge in [-0.25, -0.2) is 4.98 Å². The third-order valence-corrected chi connectivity index (χ3v) is 2.57. The lowest BCUT2D eigenvalue weighted by atomic mass is 10.1. The zero-order valence-electron chi connectivity index (χ0n) is 9.52. The largest absolute Gasteiger partial charge is 0.441 e. The van der Waals surface area contributed by atoms with Crippen LogP contribution in [0.4, 0.5) is 6.01 Å². The Hall–Kier alpha value is -2.30. The van der Waals surface area contributed by atoms with Crippen molar-refractivity contribution in [3.8, 4) is 11.3 Å². The Bertz CT molecular complexity index is 697. The SMILES string of the molecule is Cc1nc2cc(-c3oc(N)nc3C)ccc2o1. The summed E-state index contributed by atoms with van der Waals surface area (Å²) in [6, 6.07) is 5.84. The van der Waals surface area contributed by atoms with Gasteiger partial charge in [0, 0.05) is 12.5 Å². The van der Waals surface area contributed by atoms with E-state index in [2.05, 4.69) is 9.97 Å². The monoisotopic (exact) mass is 229 g/mol. The topological polar surface area (TPSA) is 78.1 Å². The van der Waals surface area contributed by atoms with E-state index in [0.717, 1.165) is 22.4 Å². The molecule has 0 bridgehead atoms. The molecule has 0 aliphatic heterocycles. The number of oxazole rings is 2. The number of rotatable bonds is 1. The van der Waals surface area contributed by atoms with Crippen LogP contribution in [0.25, 0.3) is 22.4 Å². The number of fused-ring (bicyclic) bond motifs is 1. The quantitative estimate of drug-likeness (QED) is 0.694. The molecular formula is C12H11N3O2. The molecule has 0 spiro atoms. The van der Waals surface area contributed by atoms with Gasteiger partial charge >= 0.3 is 0 Å². The Balaban J connectivity index is 2.20. The van der Waals surface area contributed by atoms with E-state index in [-0.39, 0.29) is 6.01 Å². The van der Waals surface area contributed by atoms with Gasteiger partial charge in [0.1, 0.15) is 5.52 Å². The van der Waals surface area contributed by atoms with Crippen LogP contribution in [0.1, 0.15) is 11.6 Å². The highest BCUT2D eigenvalue weighted by atomic mass is 16.4. The molecule has 3 rings (SSSR count). The predicted octanol–water partition coefficient (Wildman–Crippen LogP) is 2.68. The first kappa shape index (κ1) is 9.89. The lowest BCUT2D eigenvalue weighted by molar-refractivity contribution is 0.561. The van der Waals surface area contributed by atoms with Crippen molar-refractivity contribution in [1.29, 1.82) is 0 Å². The highest BCUT2D eigenvalue weighted by Gasteiger charge is 2.11. The fourth-order valence-electron chi connectivity index (χ4n) is 1.87. The van der Waals surface area contributed by atoms with Crippen molar-refractivity contribution in [1.82, 2.24) is 9.97 Å². The van der Waals surface area contributed by atoms with E-state index in [1.807, 2.05) is 32.0 Å². The van der Waals surface area contributed by atoms with E-state index < -0.39 is 0 Å². The highest BCUT2D eigenvalue weighted by molar-refractivity contribution is 5.79. The highest BCUT2D eigenvalue weighted by Crippen LogP contribution is 2.28. The molecular weight excluding hydrogens is 218 g/mol. The molecule has 3 aromatic rings. The number of nitrogens with two attached hydrogens (primary N) is 1. The fraction of sp³-hybridized carbons (Fsp3) is 0.167. The lowest BCUT2D eigenvalue weighted by Gasteiger charge is -1.96. The molecule has 5 nitrogen and oxygen atoms in total. The molecule has 17 heavy (non-hydrogen) atoms. The van der Waals surface area contributed by atoms with Crippen molar-refractivity contribution in [2.45, 2.75) is 13.8 Å². The van der Waals surface area contributed by atoms with E-state index in [9.17, 15) is 0 Å². The van der Waals surface area contributed by atoms with E-state index >= 15 is 0 Å². The maximum absolute atomic E-state index is 5.52. The minimum atomic E-state index is 0.175. The molecule has 0 saturated heterocycles. The van der Waals surface area contributed by atoms with Gasteiger partial charge in [-0.15, -0.1) is 0 Å². The van der Waals surface area contributed by atoms with E-state index in [1.165, 1.54) is 0 Å². The summed E-state index contributed by atoms with van der Waals surface area (Å²) in [4.78, 5) is 8.32. The number of hydrogen-bond donors (Lipinski definition) is 1. The Morgan fingerprint density at radius 1 is 1.12 bits per heavy atom. The molecule has 2 heterocycles. The minimum absolute atomic E-state index is 0.175. The third-order valence-electron chi connectivity index (χ3n) is 2.57. The molecule has 0 aliphatic carbocycles. The number of hydrogen-bond acceptors (Lipinski definition) is 5. The van der Waals surface area contributed by atoms with Gasteiger partial charge in [-0.2, -0.15) is 4.98 Å². The van der Waals surface area contributed by atoms with Gasteiger partial charge in [0.2, 0.25) is 0 Å². The van der Waals surface area contributed by atoms with Gasteiger partial charge in [-0.05, 0) is 25.1 Å². The molecule has 0 atom stereocenters.